The first-order valence-electron chi connectivity index (χ1n) is 14.6. The lowest BCUT2D eigenvalue weighted by Crippen LogP contribution is -2.29. The Labute approximate surface area is 247 Å². The third-order valence-corrected chi connectivity index (χ3v) is 7.90. The quantitative estimate of drug-likeness (QED) is 0.0758. The molecule has 0 fully saturated rings. The highest BCUT2D eigenvalue weighted by atomic mass is 16.5. The fourth-order valence-electron chi connectivity index (χ4n) is 5.33. The summed E-state index contributed by atoms with van der Waals surface area (Å²) in [4.78, 5) is 0. The van der Waals surface area contributed by atoms with Gasteiger partial charge in [0.15, 0.2) is 11.8 Å². The Kier molecular flexibility index (Phi) is 8.77. The first-order chi connectivity index (χ1) is 19.3. The number of nitrogens with zero attached hydrogens (tertiary/aromatic N) is 1. The molecule has 0 amide bonds. The second kappa shape index (κ2) is 11.9. The molecule has 3 heteroatoms. The highest BCUT2D eigenvalue weighted by Gasteiger charge is 2.23. The van der Waals surface area contributed by atoms with E-state index in [9.17, 15) is 5.21 Å². The first-order valence-corrected chi connectivity index (χ1v) is 14.6. The van der Waals surface area contributed by atoms with Gasteiger partial charge in [-0.25, -0.2) is 4.74 Å². The third kappa shape index (κ3) is 6.40. The molecule has 4 aliphatic carbocycles. The average molecular weight is 548 g/mol. The lowest BCUT2D eigenvalue weighted by atomic mass is 9.99. The van der Waals surface area contributed by atoms with Gasteiger partial charge in [0.2, 0.25) is 0 Å². The highest BCUT2D eigenvalue weighted by Crippen LogP contribution is 2.40. The van der Waals surface area contributed by atoms with Crippen molar-refractivity contribution in [3.05, 3.63) is 105 Å². The molecule has 0 unspecified atom stereocenters. The Morgan fingerprint density at radius 3 is 1.59 bits per heavy atom. The molecule has 0 N–H and O–H groups in total. The van der Waals surface area contributed by atoms with Crippen LogP contribution in [0.4, 0.5) is 0 Å². The molecule has 0 spiro atoms. The molecule has 0 saturated carbocycles. The zero-order valence-electron chi connectivity index (χ0n) is 26.4. The number of rotatable bonds is 7. The van der Waals surface area contributed by atoms with E-state index in [0.717, 1.165) is 27.0 Å². The lowest BCUT2D eigenvalue weighted by Gasteiger charge is -2.18. The molecule has 0 atom stereocenters. The van der Waals surface area contributed by atoms with Crippen LogP contribution in [-0.4, -0.2) is 23.6 Å². The zero-order valence-corrected chi connectivity index (χ0v) is 26.4. The van der Waals surface area contributed by atoms with E-state index in [2.05, 4.69) is 102 Å². The van der Waals surface area contributed by atoms with Gasteiger partial charge in [0.25, 0.3) is 0 Å². The molecule has 214 valence electrons. The van der Waals surface area contributed by atoms with Crippen LogP contribution in [0.25, 0.3) is 40.5 Å². The van der Waals surface area contributed by atoms with Crippen molar-refractivity contribution in [2.75, 3.05) is 7.11 Å². The van der Waals surface area contributed by atoms with E-state index < -0.39 is 5.54 Å². The summed E-state index contributed by atoms with van der Waals surface area (Å²) in [7, 11) is 1.68. The fourth-order valence-corrected chi connectivity index (χ4v) is 5.33. The Morgan fingerprint density at radius 2 is 1.15 bits per heavy atom. The zero-order chi connectivity index (χ0) is 30.1. The van der Waals surface area contributed by atoms with Gasteiger partial charge in [0.1, 0.15) is 0 Å². The van der Waals surface area contributed by atoms with Crippen molar-refractivity contribution in [3.63, 3.8) is 0 Å². The largest absolute Gasteiger partial charge is 0.623 e. The second-order valence-corrected chi connectivity index (χ2v) is 12.8. The van der Waals surface area contributed by atoms with E-state index in [-0.39, 0.29) is 0 Å². The minimum Gasteiger partial charge on any atom is -0.623 e. The molecule has 0 aromatic heterocycles. The molecule has 3 nitrogen and oxygen atoms in total. The van der Waals surface area contributed by atoms with E-state index >= 15 is 0 Å². The van der Waals surface area contributed by atoms with Crippen molar-refractivity contribution in [2.45, 2.75) is 79.7 Å². The molecule has 41 heavy (non-hydrogen) atoms. The molecule has 0 aromatic rings. The number of methoxy groups -OCH3 is 1. The van der Waals surface area contributed by atoms with Crippen LogP contribution in [0.3, 0.4) is 0 Å². The molecule has 0 bridgehead atoms. The molecular weight excluding hydrogens is 502 g/mol. The summed E-state index contributed by atoms with van der Waals surface area (Å²) >= 11 is 0. The van der Waals surface area contributed by atoms with E-state index in [4.69, 9.17) is 4.74 Å². The van der Waals surface area contributed by atoms with E-state index in [1.54, 1.807) is 19.6 Å². The highest BCUT2D eigenvalue weighted by molar-refractivity contribution is 5.99. The Hall–Kier alpha value is -3.85. The van der Waals surface area contributed by atoms with Crippen LogP contribution in [0, 0.1) is 19.1 Å². The Morgan fingerprint density at radius 1 is 0.683 bits per heavy atom. The monoisotopic (exact) mass is 547 g/mol. The molecule has 0 heterocycles. The van der Waals surface area contributed by atoms with Gasteiger partial charge in [-0.1, -0.05) is 76.2 Å². The average Bonchev–Trinajstić information content (AvgIpc) is 3.27. The van der Waals surface area contributed by atoms with Gasteiger partial charge < -0.3 is 9.94 Å². The normalized spacial score (nSPS) is 13.1. The van der Waals surface area contributed by atoms with E-state index in [0.29, 0.717) is 11.8 Å². The van der Waals surface area contributed by atoms with Gasteiger partial charge in [-0.3, -0.25) is 0 Å². The maximum Gasteiger partial charge on any atom is 0.182 e. The summed E-state index contributed by atoms with van der Waals surface area (Å²) < 4.78 is 6.36. The summed E-state index contributed by atoms with van der Waals surface area (Å²) in [6.45, 7) is 19.1. The topological polar surface area (TPSA) is 35.3 Å². The van der Waals surface area contributed by atoms with Crippen LogP contribution < -0.4 is 0 Å². The summed E-state index contributed by atoms with van der Waals surface area (Å²) in [5.74, 6) is 0.808. The molecule has 0 aromatic carbocycles. The van der Waals surface area contributed by atoms with Crippen molar-refractivity contribution < 1.29 is 9.48 Å². The van der Waals surface area contributed by atoms with Crippen molar-refractivity contribution in [2.24, 2.45) is 0 Å². The van der Waals surface area contributed by atoms with Crippen LogP contribution in [0.1, 0.15) is 105 Å². The molecule has 4 aliphatic rings. The molecule has 0 saturated heterocycles. The Bertz CT molecular complexity index is 1580. The van der Waals surface area contributed by atoms with Crippen LogP contribution in [0.15, 0.2) is 54.8 Å². The molecule has 0 aliphatic heterocycles. The van der Waals surface area contributed by atoms with Gasteiger partial charge in [-0.05, 0) is 105 Å². The smallest absolute Gasteiger partial charge is 0.182 e. The number of hydrogen-bond acceptors (Lipinski definition) is 2. The summed E-state index contributed by atoms with van der Waals surface area (Å²) in [6.07, 6.45) is 9.98. The predicted molar refractivity (Wildman–Crippen MR) is 177 cm³/mol. The molecule has 4 rings (SSSR count). The Balaban J connectivity index is 1.94. The standard InChI is InChI=1S/C38H45NO2/c1-24(2)28-13-11-26(5)36-31(19-30(17-18-41-10)34(36)21-28)15-16-32-20-33(23-39(40)38(7,8)9)35-22-29(25(3)4)14-12-27(6)37(32)35/h11-25H,1-10H3/b16-15+,18-17?,39-23-. The maximum atomic E-state index is 13.1. The van der Waals surface area contributed by atoms with Crippen LogP contribution in [0.5, 0.6) is 0 Å². The summed E-state index contributed by atoms with van der Waals surface area (Å²) in [5, 5.41) is 13.1. The minimum absolute atomic E-state index is 0.381. The SMILES string of the molecule is COC=Cc1cc(/C=C/c2cc(/C=[N+](\[O-])C(C)(C)C)c3cc(C(C)C)ccc(C)c2-3)c2c(C)ccc(C(C)C)cc1-2. The van der Waals surface area contributed by atoms with Crippen molar-refractivity contribution in [1.82, 2.24) is 0 Å². The van der Waals surface area contributed by atoms with Crippen molar-refractivity contribution >= 4 is 24.4 Å². The van der Waals surface area contributed by atoms with Crippen LogP contribution >= 0.6 is 0 Å². The number of hydrogen-bond donors (Lipinski definition) is 0. The van der Waals surface area contributed by atoms with Crippen LogP contribution in [0.2, 0.25) is 0 Å². The van der Waals surface area contributed by atoms with E-state index in [1.807, 2.05) is 26.8 Å². The van der Waals surface area contributed by atoms with Gasteiger partial charge in [0, 0.05) is 26.3 Å². The van der Waals surface area contributed by atoms with Gasteiger partial charge in [-0.2, -0.15) is 0 Å². The second-order valence-electron chi connectivity index (χ2n) is 12.8. The van der Waals surface area contributed by atoms with Gasteiger partial charge in [-0.15, -0.1) is 0 Å². The van der Waals surface area contributed by atoms with Crippen LogP contribution in [-0.2, 0) is 4.74 Å². The minimum atomic E-state index is -0.519. The molecular formula is C38H45NO2. The van der Waals surface area contributed by atoms with E-state index in [1.165, 1.54) is 44.5 Å². The van der Waals surface area contributed by atoms with Gasteiger partial charge >= 0.3 is 0 Å². The molecule has 0 radical (unpaired) electrons. The number of aryl methyl sites for hydroxylation is 2. The van der Waals surface area contributed by atoms with Crippen molar-refractivity contribution in [3.8, 4) is 22.3 Å². The first kappa shape index (κ1) is 30.1. The number of ether oxygens (including phenoxy) is 1. The third-order valence-electron chi connectivity index (χ3n) is 7.90. The fraction of sp³-hybridized carbons (Fsp3) is 0.342. The summed E-state index contributed by atoms with van der Waals surface area (Å²) in [5.41, 5.74) is 13.6. The number of hydroxylamine groups is 1. The number of fused-ring (bicyclic) bond motifs is 2. The maximum absolute atomic E-state index is 13.1. The van der Waals surface area contributed by atoms with Gasteiger partial charge in [0.05, 0.1) is 13.4 Å². The summed E-state index contributed by atoms with van der Waals surface area (Å²) in [6, 6.07) is 17.9. The lowest BCUT2D eigenvalue weighted by molar-refractivity contribution is -0.530. The predicted octanol–water partition coefficient (Wildman–Crippen LogP) is 10.3. The van der Waals surface area contributed by atoms with Crippen molar-refractivity contribution in [1.29, 1.82) is 0 Å².